The van der Waals surface area contributed by atoms with E-state index in [0.29, 0.717) is 11.1 Å². The first kappa shape index (κ1) is 14.5. The van der Waals surface area contributed by atoms with Crippen LogP contribution in [0, 0.1) is 0 Å². The Kier molecular flexibility index (Phi) is 4.70. The van der Waals surface area contributed by atoms with Crippen molar-refractivity contribution in [3.63, 3.8) is 0 Å². The second-order valence-electron chi connectivity index (χ2n) is 4.28. The number of hydrogen-bond donors (Lipinski definition) is 0. The minimum Gasteiger partial charge on any atom is -0.294 e. The third-order valence-electron chi connectivity index (χ3n) is 2.48. The third kappa shape index (κ3) is 4.35. The highest BCUT2D eigenvalue weighted by molar-refractivity contribution is 6.21. The van der Waals surface area contributed by atoms with Gasteiger partial charge in [0.05, 0.1) is 6.42 Å². The average Bonchev–Trinajstić information content (AvgIpc) is 2.26. The second-order valence-corrected chi connectivity index (χ2v) is 4.28. The number of benzene rings is 1. The number of rotatable bonds is 4. The van der Waals surface area contributed by atoms with E-state index in [4.69, 9.17) is 0 Å². The Balaban J connectivity index is 2.90. The maximum atomic E-state index is 12.1. The van der Waals surface area contributed by atoms with Gasteiger partial charge < -0.3 is 0 Å². The van der Waals surface area contributed by atoms with Gasteiger partial charge in [0.2, 0.25) is 0 Å². The summed E-state index contributed by atoms with van der Waals surface area (Å²) in [5.74, 6) is -0.460. The van der Waals surface area contributed by atoms with Crippen LogP contribution in [0.2, 0.25) is 0 Å². The maximum absolute atomic E-state index is 12.1. The number of carbonyl (C=O) groups excluding carboxylic acids is 1. The van der Waals surface area contributed by atoms with Crippen LogP contribution in [0.1, 0.15) is 32.3 Å². The number of Topliss-reactive ketones (excluding diaryl/α,β-unsaturated/α-hetero) is 1. The van der Waals surface area contributed by atoms with Gasteiger partial charge in [-0.2, -0.15) is 13.2 Å². The molecule has 0 aliphatic rings. The molecule has 0 N–H and O–H groups in total. The predicted molar refractivity (Wildman–Crippen MR) is 65.0 cm³/mol. The fourth-order valence-corrected chi connectivity index (χ4v) is 1.71. The SMILES string of the molecule is CC(C)=C(C(=O)CCC(F)(F)F)c1ccccc1. The lowest BCUT2D eigenvalue weighted by Gasteiger charge is -2.10. The van der Waals surface area contributed by atoms with Crippen molar-refractivity contribution >= 4 is 11.4 Å². The summed E-state index contributed by atoms with van der Waals surface area (Å²) in [4.78, 5) is 11.9. The molecule has 0 aromatic heterocycles. The van der Waals surface area contributed by atoms with Crippen molar-refractivity contribution in [3.05, 3.63) is 41.5 Å². The van der Waals surface area contributed by atoms with Crippen LogP contribution in [0.5, 0.6) is 0 Å². The first-order valence-electron chi connectivity index (χ1n) is 5.64. The molecular weight excluding hydrogens is 241 g/mol. The van der Waals surface area contributed by atoms with Crippen LogP contribution in [-0.4, -0.2) is 12.0 Å². The predicted octanol–water partition coefficient (Wildman–Crippen LogP) is 4.39. The van der Waals surface area contributed by atoms with E-state index < -0.39 is 24.8 Å². The van der Waals surface area contributed by atoms with Gasteiger partial charge in [-0.3, -0.25) is 4.79 Å². The summed E-state index contributed by atoms with van der Waals surface area (Å²) in [6.07, 6.45) is -5.87. The van der Waals surface area contributed by atoms with E-state index in [-0.39, 0.29) is 0 Å². The molecule has 1 aromatic carbocycles. The van der Waals surface area contributed by atoms with Gasteiger partial charge in [-0.15, -0.1) is 0 Å². The molecule has 1 nitrogen and oxygen atoms in total. The van der Waals surface area contributed by atoms with E-state index in [1.165, 1.54) is 0 Å². The molecule has 4 heteroatoms. The highest BCUT2D eigenvalue weighted by Gasteiger charge is 2.28. The Bertz CT molecular complexity index is 440. The molecule has 0 saturated carbocycles. The van der Waals surface area contributed by atoms with Crippen LogP contribution < -0.4 is 0 Å². The molecule has 18 heavy (non-hydrogen) atoms. The quantitative estimate of drug-likeness (QED) is 0.730. The van der Waals surface area contributed by atoms with E-state index in [1.807, 2.05) is 0 Å². The summed E-state index contributed by atoms with van der Waals surface area (Å²) in [5, 5.41) is 0. The number of alkyl halides is 3. The summed E-state index contributed by atoms with van der Waals surface area (Å²) < 4.78 is 36.3. The largest absolute Gasteiger partial charge is 0.389 e. The monoisotopic (exact) mass is 256 g/mol. The number of allylic oxidation sites excluding steroid dienone is 2. The van der Waals surface area contributed by atoms with Gasteiger partial charge in [0, 0.05) is 12.0 Å². The lowest BCUT2D eigenvalue weighted by Crippen LogP contribution is -2.12. The molecule has 98 valence electrons. The Labute approximate surface area is 104 Å². The second kappa shape index (κ2) is 5.85. The highest BCUT2D eigenvalue weighted by atomic mass is 19.4. The molecule has 0 unspecified atom stereocenters. The molecule has 0 bridgehead atoms. The van der Waals surface area contributed by atoms with Crippen LogP contribution in [-0.2, 0) is 4.79 Å². The van der Waals surface area contributed by atoms with Crippen LogP contribution >= 0.6 is 0 Å². The zero-order valence-corrected chi connectivity index (χ0v) is 10.3. The summed E-state index contributed by atoms with van der Waals surface area (Å²) in [5.41, 5.74) is 1.79. The zero-order valence-electron chi connectivity index (χ0n) is 10.3. The van der Waals surface area contributed by atoms with Crippen LogP contribution in [0.4, 0.5) is 13.2 Å². The zero-order chi connectivity index (χ0) is 13.8. The van der Waals surface area contributed by atoms with E-state index >= 15 is 0 Å². The number of halogens is 3. The molecule has 1 rings (SSSR count). The normalized spacial score (nSPS) is 11.2. The van der Waals surface area contributed by atoms with Gasteiger partial charge in [0.25, 0.3) is 0 Å². The molecular formula is C14H15F3O. The number of ketones is 1. The van der Waals surface area contributed by atoms with Crippen molar-refractivity contribution in [1.29, 1.82) is 0 Å². The van der Waals surface area contributed by atoms with Crippen molar-refractivity contribution in [2.45, 2.75) is 32.9 Å². The molecule has 0 aliphatic carbocycles. The summed E-state index contributed by atoms with van der Waals surface area (Å²) >= 11 is 0. The first-order chi connectivity index (χ1) is 8.31. The molecule has 0 aliphatic heterocycles. The summed E-state index contributed by atoms with van der Waals surface area (Å²) in [7, 11) is 0. The fourth-order valence-electron chi connectivity index (χ4n) is 1.71. The Hall–Kier alpha value is -1.58. The van der Waals surface area contributed by atoms with Crippen LogP contribution in [0.15, 0.2) is 35.9 Å². The molecule has 0 saturated heterocycles. The minimum atomic E-state index is -4.29. The van der Waals surface area contributed by atoms with E-state index in [0.717, 1.165) is 5.57 Å². The van der Waals surface area contributed by atoms with Crippen LogP contribution in [0.3, 0.4) is 0 Å². The molecule has 0 radical (unpaired) electrons. The maximum Gasteiger partial charge on any atom is 0.389 e. The Morgan fingerprint density at radius 1 is 1.11 bits per heavy atom. The lowest BCUT2D eigenvalue weighted by molar-refractivity contribution is -0.141. The summed E-state index contributed by atoms with van der Waals surface area (Å²) in [6.45, 7) is 3.46. The molecule has 0 spiro atoms. The van der Waals surface area contributed by atoms with Crippen molar-refractivity contribution in [2.75, 3.05) is 0 Å². The molecule has 0 amide bonds. The van der Waals surface area contributed by atoms with Gasteiger partial charge in [-0.05, 0) is 19.4 Å². The van der Waals surface area contributed by atoms with E-state index in [9.17, 15) is 18.0 Å². The van der Waals surface area contributed by atoms with Gasteiger partial charge in [0.15, 0.2) is 5.78 Å². The van der Waals surface area contributed by atoms with Gasteiger partial charge in [0.1, 0.15) is 0 Å². The Morgan fingerprint density at radius 2 is 1.67 bits per heavy atom. The van der Waals surface area contributed by atoms with Crippen molar-refractivity contribution < 1.29 is 18.0 Å². The first-order valence-corrected chi connectivity index (χ1v) is 5.64. The Morgan fingerprint density at radius 3 is 2.11 bits per heavy atom. The van der Waals surface area contributed by atoms with Crippen molar-refractivity contribution in [3.8, 4) is 0 Å². The van der Waals surface area contributed by atoms with Crippen molar-refractivity contribution in [2.24, 2.45) is 0 Å². The fraction of sp³-hybridized carbons (Fsp3) is 0.357. The standard InChI is InChI=1S/C14H15F3O/c1-10(2)13(11-6-4-3-5-7-11)12(18)8-9-14(15,16)17/h3-7H,8-9H2,1-2H3. The van der Waals surface area contributed by atoms with Gasteiger partial charge in [-0.1, -0.05) is 35.9 Å². The molecule has 0 heterocycles. The van der Waals surface area contributed by atoms with Gasteiger partial charge in [-0.25, -0.2) is 0 Å². The minimum absolute atomic E-state index is 0.389. The van der Waals surface area contributed by atoms with Crippen LogP contribution in [0.25, 0.3) is 5.57 Å². The molecule has 0 fully saturated rings. The molecule has 1 aromatic rings. The van der Waals surface area contributed by atoms with E-state index in [1.54, 1.807) is 44.2 Å². The third-order valence-corrected chi connectivity index (χ3v) is 2.48. The van der Waals surface area contributed by atoms with Crippen molar-refractivity contribution in [1.82, 2.24) is 0 Å². The number of hydrogen-bond acceptors (Lipinski definition) is 1. The topological polar surface area (TPSA) is 17.1 Å². The highest BCUT2D eigenvalue weighted by Crippen LogP contribution is 2.26. The average molecular weight is 256 g/mol. The number of carbonyl (C=O) groups is 1. The molecule has 0 atom stereocenters. The smallest absolute Gasteiger partial charge is 0.294 e. The lowest BCUT2D eigenvalue weighted by atomic mass is 9.95. The van der Waals surface area contributed by atoms with Gasteiger partial charge >= 0.3 is 6.18 Å². The summed E-state index contributed by atoms with van der Waals surface area (Å²) in [6, 6.07) is 8.78. The van der Waals surface area contributed by atoms with E-state index in [2.05, 4.69) is 0 Å².